The lowest BCUT2D eigenvalue weighted by Gasteiger charge is -1.98. The van der Waals surface area contributed by atoms with Gasteiger partial charge in [-0.15, -0.1) is 4.39 Å². The average Bonchev–Trinajstić information content (AvgIpc) is 2.36. The lowest BCUT2D eigenvalue weighted by Crippen LogP contribution is -2.42. The first-order valence-electron chi connectivity index (χ1n) is 4.96. The largest absolute Gasteiger partial charge is 0.416 e. The van der Waals surface area contributed by atoms with Crippen LogP contribution in [0.25, 0.3) is 0 Å². The first kappa shape index (κ1) is 11.3. The molecule has 0 aliphatic carbocycles. The summed E-state index contributed by atoms with van der Waals surface area (Å²) in [5.41, 5.74) is 0.455. The minimum Gasteiger partial charge on any atom is -0.287 e. The molecule has 2 aromatic rings. The Morgan fingerprint density at radius 2 is 1.94 bits per heavy atom. The van der Waals surface area contributed by atoms with E-state index in [1.807, 2.05) is 0 Å². The van der Waals surface area contributed by atoms with Crippen LogP contribution in [0.4, 0.5) is 8.78 Å². The third kappa shape index (κ3) is 2.50. The van der Waals surface area contributed by atoms with Gasteiger partial charge in [0, 0.05) is 5.56 Å². The average molecular weight is 235 g/mol. The fraction of sp³-hybridized carbons (Fsp3) is 0.0833. The highest BCUT2D eigenvalue weighted by atomic mass is 19.2. The summed E-state index contributed by atoms with van der Waals surface area (Å²) in [5.74, 6) is -2.65. The molecule has 86 valence electrons. The zero-order valence-electron chi connectivity index (χ0n) is 8.81. The number of aromatic nitrogens is 2. The van der Waals surface area contributed by atoms with Gasteiger partial charge in [0.2, 0.25) is 12.3 Å². The van der Waals surface area contributed by atoms with Crippen molar-refractivity contribution in [2.24, 2.45) is 0 Å². The molecule has 0 fully saturated rings. The minimum atomic E-state index is -1.21. The van der Waals surface area contributed by atoms with Gasteiger partial charge in [-0.2, -0.15) is 8.96 Å². The number of Topliss-reactive ketones (excluding diaryl/α,β-unsaturated/α-hetero) is 1. The van der Waals surface area contributed by atoms with E-state index >= 15 is 0 Å². The topological polar surface area (TPSA) is 33.8 Å². The first-order chi connectivity index (χ1) is 8.18. The SMILES string of the molecule is O=C(C[n+]1ccnc(F)c1F)c1ccccc1. The van der Waals surface area contributed by atoms with Crippen LogP contribution in [-0.2, 0) is 6.54 Å². The Morgan fingerprint density at radius 1 is 1.24 bits per heavy atom. The van der Waals surface area contributed by atoms with E-state index in [1.54, 1.807) is 30.3 Å². The van der Waals surface area contributed by atoms with Crippen LogP contribution in [0.3, 0.4) is 0 Å². The number of rotatable bonds is 3. The van der Waals surface area contributed by atoms with Crippen molar-refractivity contribution >= 4 is 5.78 Å². The first-order valence-corrected chi connectivity index (χ1v) is 4.96. The number of halogens is 2. The van der Waals surface area contributed by atoms with Crippen LogP contribution < -0.4 is 4.57 Å². The molecular weight excluding hydrogens is 226 g/mol. The molecule has 17 heavy (non-hydrogen) atoms. The number of carbonyl (C=O) groups excluding carboxylic acids is 1. The molecule has 5 heteroatoms. The van der Waals surface area contributed by atoms with Crippen LogP contribution in [0.2, 0.25) is 0 Å². The van der Waals surface area contributed by atoms with Crippen LogP contribution in [0.15, 0.2) is 42.7 Å². The Kier molecular flexibility index (Phi) is 3.18. The van der Waals surface area contributed by atoms with Crippen molar-refractivity contribution in [2.75, 3.05) is 0 Å². The Bertz CT molecular complexity index is 543. The predicted molar refractivity (Wildman–Crippen MR) is 55.1 cm³/mol. The molecule has 3 nitrogen and oxygen atoms in total. The highest BCUT2D eigenvalue weighted by molar-refractivity contribution is 5.94. The van der Waals surface area contributed by atoms with E-state index in [9.17, 15) is 13.6 Å². The molecule has 0 bridgehead atoms. The standard InChI is InChI=1S/C12H9F2N2O/c13-11-12(14)16(7-6-15-11)8-10(17)9-4-2-1-3-5-9/h1-7H,8H2/q+1. The molecule has 1 aromatic carbocycles. The van der Waals surface area contributed by atoms with E-state index in [-0.39, 0.29) is 12.3 Å². The second kappa shape index (κ2) is 4.78. The smallest absolute Gasteiger partial charge is 0.287 e. The highest BCUT2D eigenvalue weighted by Crippen LogP contribution is 2.01. The molecule has 1 aromatic heterocycles. The van der Waals surface area contributed by atoms with Crippen LogP contribution in [0, 0.1) is 11.9 Å². The number of carbonyl (C=O) groups is 1. The molecule has 0 radical (unpaired) electrons. The number of nitrogens with zero attached hydrogens (tertiary/aromatic N) is 2. The second-order valence-electron chi connectivity index (χ2n) is 3.43. The lowest BCUT2D eigenvalue weighted by molar-refractivity contribution is -0.713. The third-order valence-electron chi connectivity index (χ3n) is 2.27. The van der Waals surface area contributed by atoms with Crippen LogP contribution >= 0.6 is 0 Å². The van der Waals surface area contributed by atoms with Gasteiger partial charge in [-0.25, -0.2) is 4.98 Å². The maximum Gasteiger partial charge on any atom is 0.416 e. The molecule has 0 aliphatic rings. The molecule has 0 unspecified atom stereocenters. The van der Waals surface area contributed by atoms with E-state index in [1.165, 1.54) is 6.20 Å². The molecule has 0 atom stereocenters. The zero-order valence-corrected chi connectivity index (χ0v) is 8.81. The minimum absolute atomic E-state index is 0.255. The van der Waals surface area contributed by atoms with Crippen LogP contribution in [0.1, 0.15) is 10.4 Å². The van der Waals surface area contributed by atoms with Gasteiger partial charge in [-0.1, -0.05) is 30.3 Å². The van der Waals surface area contributed by atoms with Gasteiger partial charge in [0.25, 0.3) is 0 Å². The lowest BCUT2D eigenvalue weighted by atomic mass is 10.1. The summed E-state index contributed by atoms with van der Waals surface area (Å²) in [6, 6.07) is 8.44. The molecule has 0 N–H and O–H groups in total. The van der Waals surface area contributed by atoms with Gasteiger partial charge in [0.15, 0.2) is 6.20 Å². The molecule has 0 saturated carbocycles. The number of benzene rings is 1. The quantitative estimate of drug-likeness (QED) is 0.597. The third-order valence-corrected chi connectivity index (χ3v) is 2.27. The van der Waals surface area contributed by atoms with Crippen LogP contribution in [0.5, 0.6) is 0 Å². The molecule has 2 rings (SSSR count). The molecule has 0 amide bonds. The van der Waals surface area contributed by atoms with Crippen molar-refractivity contribution in [3.05, 3.63) is 60.2 Å². The Balaban J connectivity index is 2.22. The highest BCUT2D eigenvalue weighted by Gasteiger charge is 2.20. The second-order valence-corrected chi connectivity index (χ2v) is 3.43. The predicted octanol–water partition coefficient (Wildman–Crippen LogP) is 1.53. The molecular formula is C12H9F2N2O+. The maximum atomic E-state index is 13.3. The zero-order chi connectivity index (χ0) is 12.3. The summed E-state index contributed by atoms with van der Waals surface area (Å²) in [6.07, 6.45) is 2.33. The Morgan fingerprint density at radius 3 is 2.65 bits per heavy atom. The van der Waals surface area contributed by atoms with Crippen LogP contribution in [-0.4, -0.2) is 10.8 Å². The van der Waals surface area contributed by atoms with Crippen molar-refractivity contribution in [2.45, 2.75) is 6.54 Å². The molecule has 1 heterocycles. The number of hydrogen-bond donors (Lipinski definition) is 0. The fourth-order valence-corrected chi connectivity index (χ4v) is 1.41. The van der Waals surface area contributed by atoms with E-state index < -0.39 is 11.9 Å². The molecule has 0 spiro atoms. The van der Waals surface area contributed by atoms with E-state index in [2.05, 4.69) is 4.98 Å². The summed E-state index contributed by atoms with van der Waals surface area (Å²) >= 11 is 0. The Hall–Kier alpha value is -2.17. The molecule has 0 saturated heterocycles. The van der Waals surface area contributed by atoms with Gasteiger partial charge >= 0.3 is 11.9 Å². The van der Waals surface area contributed by atoms with Crippen molar-refractivity contribution in [1.82, 2.24) is 4.98 Å². The van der Waals surface area contributed by atoms with Crippen molar-refractivity contribution in [3.8, 4) is 0 Å². The summed E-state index contributed by atoms with van der Waals surface area (Å²) in [7, 11) is 0. The van der Waals surface area contributed by atoms with E-state index in [0.717, 1.165) is 10.8 Å². The normalized spacial score (nSPS) is 10.2. The van der Waals surface area contributed by atoms with Gasteiger partial charge in [0.1, 0.15) is 0 Å². The van der Waals surface area contributed by atoms with Crippen molar-refractivity contribution in [1.29, 1.82) is 0 Å². The molecule has 0 aliphatic heterocycles. The van der Waals surface area contributed by atoms with Gasteiger partial charge < -0.3 is 0 Å². The fourth-order valence-electron chi connectivity index (χ4n) is 1.41. The monoisotopic (exact) mass is 235 g/mol. The summed E-state index contributed by atoms with van der Waals surface area (Å²) in [6.45, 7) is -0.255. The summed E-state index contributed by atoms with van der Waals surface area (Å²) in [5, 5.41) is 0. The summed E-state index contributed by atoms with van der Waals surface area (Å²) in [4.78, 5) is 14.9. The van der Waals surface area contributed by atoms with E-state index in [4.69, 9.17) is 0 Å². The van der Waals surface area contributed by atoms with E-state index in [0.29, 0.717) is 5.56 Å². The van der Waals surface area contributed by atoms with Gasteiger partial charge in [-0.3, -0.25) is 4.79 Å². The Labute approximate surface area is 96.4 Å². The summed E-state index contributed by atoms with van der Waals surface area (Å²) < 4.78 is 27.0. The number of ketones is 1. The maximum absolute atomic E-state index is 13.3. The van der Waals surface area contributed by atoms with Gasteiger partial charge in [-0.05, 0) is 0 Å². The van der Waals surface area contributed by atoms with Crippen molar-refractivity contribution in [3.63, 3.8) is 0 Å². The van der Waals surface area contributed by atoms with Gasteiger partial charge in [0.05, 0.1) is 6.20 Å². The number of hydrogen-bond acceptors (Lipinski definition) is 2. The van der Waals surface area contributed by atoms with Crippen molar-refractivity contribution < 1.29 is 18.1 Å².